The van der Waals surface area contributed by atoms with Crippen LogP contribution in [0.2, 0.25) is 0 Å². The molecule has 5 heteroatoms. The number of nitrogens with one attached hydrogen (secondary N) is 1. The lowest BCUT2D eigenvalue weighted by molar-refractivity contribution is 0.0232. The maximum atomic E-state index is 12.5. The summed E-state index contributed by atoms with van der Waals surface area (Å²) in [5.41, 5.74) is 3.01. The van der Waals surface area contributed by atoms with Gasteiger partial charge in [0.05, 0.1) is 18.7 Å². The fraction of sp³-hybridized carbons (Fsp3) is 0.316. The summed E-state index contributed by atoms with van der Waals surface area (Å²) in [7, 11) is 0. The van der Waals surface area contributed by atoms with Crippen molar-refractivity contribution < 1.29 is 9.53 Å². The Morgan fingerprint density at radius 1 is 1.00 bits per heavy atom. The lowest BCUT2D eigenvalue weighted by atomic mass is 9.90. The van der Waals surface area contributed by atoms with Gasteiger partial charge in [0, 0.05) is 24.7 Å². The topological polar surface area (TPSA) is 41.6 Å². The average Bonchev–Trinajstić information content (AvgIpc) is 2.50. The normalized spacial score (nSPS) is 17.4. The zero-order chi connectivity index (χ0) is 15.6. The van der Waals surface area contributed by atoms with Gasteiger partial charge in [-0.25, -0.2) is 4.79 Å². The van der Waals surface area contributed by atoms with Crippen LogP contribution in [-0.2, 0) is 4.74 Å². The highest BCUT2D eigenvalue weighted by Gasteiger charge is 2.32. The number of carbonyl (C=O) groups excluding carboxylic acids is 1. The van der Waals surface area contributed by atoms with Crippen LogP contribution in [0.25, 0.3) is 0 Å². The Labute approximate surface area is 148 Å². The second kappa shape index (κ2) is 7.24. The zero-order valence-electron chi connectivity index (χ0n) is 13.4. The summed E-state index contributed by atoms with van der Waals surface area (Å²) in [4.78, 5) is 14.7. The number of halogens is 1. The van der Waals surface area contributed by atoms with Crippen LogP contribution in [0.1, 0.15) is 21.8 Å². The molecule has 4 rings (SSSR count). The fourth-order valence-electron chi connectivity index (χ4n) is 3.12. The van der Waals surface area contributed by atoms with Crippen LogP contribution < -0.4 is 10.2 Å². The molecule has 2 heterocycles. The van der Waals surface area contributed by atoms with Crippen LogP contribution in [0, 0.1) is 0 Å². The molecular formula is C19H21ClN2O2. The summed E-state index contributed by atoms with van der Waals surface area (Å²) in [5.74, 6) is 0.242. The summed E-state index contributed by atoms with van der Waals surface area (Å²) < 4.78 is 5.68. The van der Waals surface area contributed by atoms with E-state index in [0.717, 1.165) is 37.3 Å². The number of hydrogen-bond donors (Lipinski definition) is 1. The molecule has 1 N–H and O–H groups in total. The van der Waals surface area contributed by atoms with Crippen molar-refractivity contribution in [1.82, 2.24) is 5.32 Å². The maximum Gasteiger partial charge on any atom is 0.338 e. The molecule has 0 bridgehead atoms. The summed E-state index contributed by atoms with van der Waals surface area (Å²) in [5, 5.41) is 3.25. The van der Waals surface area contributed by atoms with Gasteiger partial charge in [-0.3, -0.25) is 0 Å². The number of rotatable bonds is 4. The third-order valence-electron chi connectivity index (χ3n) is 4.65. The van der Waals surface area contributed by atoms with Crippen molar-refractivity contribution in [2.24, 2.45) is 0 Å². The highest BCUT2D eigenvalue weighted by atomic mass is 35.5. The van der Waals surface area contributed by atoms with Crippen molar-refractivity contribution in [3.05, 3.63) is 65.7 Å². The summed E-state index contributed by atoms with van der Waals surface area (Å²) in [6.07, 6.45) is -0.0183. The van der Waals surface area contributed by atoms with Gasteiger partial charge in [0.1, 0.15) is 6.10 Å². The van der Waals surface area contributed by atoms with Gasteiger partial charge in [-0.15, -0.1) is 12.4 Å². The molecule has 0 atom stereocenters. The Hall–Kier alpha value is -2.04. The molecule has 0 spiro atoms. The number of nitrogens with zero attached hydrogens (tertiary/aromatic N) is 1. The number of hydrogen-bond acceptors (Lipinski definition) is 4. The number of esters is 1. The van der Waals surface area contributed by atoms with Crippen LogP contribution in [-0.4, -0.2) is 38.3 Å². The molecule has 24 heavy (non-hydrogen) atoms. The quantitative estimate of drug-likeness (QED) is 0.866. The Bertz CT molecular complexity index is 698. The van der Waals surface area contributed by atoms with Crippen LogP contribution in [0.15, 0.2) is 54.6 Å². The van der Waals surface area contributed by atoms with Gasteiger partial charge in [-0.1, -0.05) is 36.4 Å². The van der Waals surface area contributed by atoms with E-state index >= 15 is 0 Å². The van der Waals surface area contributed by atoms with Crippen molar-refractivity contribution in [2.75, 3.05) is 31.1 Å². The van der Waals surface area contributed by atoms with E-state index in [9.17, 15) is 4.79 Å². The van der Waals surface area contributed by atoms with Crippen LogP contribution in [0.4, 0.5) is 5.69 Å². The maximum absolute atomic E-state index is 12.5. The largest absolute Gasteiger partial charge is 0.455 e. The monoisotopic (exact) mass is 344 g/mol. The Balaban J connectivity index is 0.00000169. The van der Waals surface area contributed by atoms with E-state index in [1.807, 2.05) is 42.5 Å². The molecule has 0 saturated carbocycles. The van der Waals surface area contributed by atoms with E-state index in [-0.39, 0.29) is 24.5 Å². The van der Waals surface area contributed by atoms with Gasteiger partial charge in [0.25, 0.3) is 0 Å². The molecule has 2 aromatic rings. The molecule has 4 nitrogen and oxygen atoms in total. The summed E-state index contributed by atoms with van der Waals surface area (Å²) in [6, 6.07) is 18.0. The molecule has 2 saturated heterocycles. The van der Waals surface area contributed by atoms with Crippen molar-refractivity contribution in [3.8, 4) is 0 Å². The van der Waals surface area contributed by atoms with Gasteiger partial charge >= 0.3 is 5.97 Å². The molecule has 0 amide bonds. The van der Waals surface area contributed by atoms with E-state index in [1.165, 1.54) is 5.69 Å². The van der Waals surface area contributed by atoms with E-state index in [2.05, 4.69) is 22.3 Å². The molecule has 0 aromatic heterocycles. The number of para-hydroxylation sites is 1. The van der Waals surface area contributed by atoms with Crippen LogP contribution in [0.5, 0.6) is 0 Å². The van der Waals surface area contributed by atoms with Crippen molar-refractivity contribution >= 4 is 24.1 Å². The standard InChI is InChI=1S/C19H20N2O2.ClH/c22-19(18-9-5-4-8-17(18)14-10-20-11-14)23-16-12-21(13-16)15-6-2-1-3-7-15;/h1-9,14,16,20H,10-13H2;1H. The van der Waals surface area contributed by atoms with E-state index < -0.39 is 0 Å². The highest BCUT2D eigenvalue weighted by Crippen LogP contribution is 2.26. The minimum atomic E-state index is -0.190. The highest BCUT2D eigenvalue weighted by molar-refractivity contribution is 5.91. The summed E-state index contributed by atoms with van der Waals surface area (Å²) >= 11 is 0. The number of benzene rings is 2. The predicted molar refractivity (Wildman–Crippen MR) is 97.2 cm³/mol. The van der Waals surface area contributed by atoms with E-state index in [4.69, 9.17) is 4.74 Å². The first kappa shape index (κ1) is 16.8. The second-order valence-corrected chi connectivity index (χ2v) is 6.21. The van der Waals surface area contributed by atoms with Crippen LogP contribution >= 0.6 is 12.4 Å². The molecule has 2 aromatic carbocycles. The molecule has 0 aliphatic carbocycles. The Morgan fingerprint density at radius 2 is 1.67 bits per heavy atom. The zero-order valence-corrected chi connectivity index (χ0v) is 14.2. The van der Waals surface area contributed by atoms with Crippen molar-refractivity contribution in [2.45, 2.75) is 12.0 Å². The lowest BCUT2D eigenvalue weighted by Crippen LogP contribution is -2.53. The SMILES string of the molecule is Cl.O=C(OC1CN(c2ccccc2)C1)c1ccccc1C1CNC1. The average molecular weight is 345 g/mol. The molecule has 2 aliphatic heterocycles. The molecule has 0 unspecified atom stereocenters. The van der Waals surface area contributed by atoms with Gasteiger partial charge in [0.2, 0.25) is 0 Å². The fourth-order valence-corrected chi connectivity index (χ4v) is 3.12. The second-order valence-electron chi connectivity index (χ2n) is 6.21. The Kier molecular flexibility index (Phi) is 5.07. The van der Waals surface area contributed by atoms with Crippen molar-refractivity contribution in [3.63, 3.8) is 0 Å². The molecule has 0 radical (unpaired) electrons. The van der Waals surface area contributed by atoms with Crippen molar-refractivity contribution in [1.29, 1.82) is 0 Å². The van der Waals surface area contributed by atoms with Gasteiger partial charge in [-0.2, -0.15) is 0 Å². The minimum Gasteiger partial charge on any atom is -0.455 e. The summed E-state index contributed by atoms with van der Waals surface area (Å²) in [6.45, 7) is 3.41. The Morgan fingerprint density at radius 3 is 2.33 bits per heavy atom. The third-order valence-corrected chi connectivity index (χ3v) is 4.65. The third kappa shape index (κ3) is 3.25. The number of carbonyl (C=O) groups is 1. The number of ether oxygens (including phenoxy) is 1. The first-order valence-corrected chi connectivity index (χ1v) is 8.12. The molecule has 2 fully saturated rings. The first-order valence-electron chi connectivity index (χ1n) is 8.12. The number of anilines is 1. The molecular weight excluding hydrogens is 324 g/mol. The van der Waals surface area contributed by atoms with Gasteiger partial charge in [-0.05, 0) is 23.8 Å². The smallest absolute Gasteiger partial charge is 0.338 e. The first-order chi connectivity index (χ1) is 11.3. The van der Waals surface area contributed by atoms with E-state index in [0.29, 0.717) is 5.92 Å². The minimum absolute atomic E-state index is 0. The molecule has 126 valence electrons. The van der Waals surface area contributed by atoms with E-state index in [1.54, 1.807) is 0 Å². The predicted octanol–water partition coefficient (Wildman–Crippen LogP) is 2.84. The lowest BCUT2D eigenvalue weighted by Gasteiger charge is -2.40. The van der Waals surface area contributed by atoms with Gasteiger partial charge in [0.15, 0.2) is 0 Å². The molecule has 2 aliphatic rings. The van der Waals surface area contributed by atoms with Crippen LogP contribution in [0.3, 0.4) is 0 Å². The van der Waals surface area contributed by atoms with Gasteiger partial charge < -0.3 is 15.0 Å².